The van der Waals surface area contributed by atoms with E-state index in [4.69, 9.17) is 0 Å². The zero-order valence-corrected chi connectivity index (χ0v) is 17.9. The quantitative estimate of drug-likeness (QED) is 0.581. The van der Waals surface area contributed by atoms with Gasteiger partial charge in [0.2, 0.25) is 0 Å². The van der Waals surface area contributed by atoms with Crippen molar-refractivity contribution in [1.29, 1.82) is 5.26 Å². The minimum atomic E-state index is -0.0206. The standard InChI is InChI=1S/C26H26N4O/c1-3-4-5-25-29-24-11-6-18(2)14-23(24)26(31)30(25)17-19-7-9-20(10-8-19)22-12-13-28-16-21(22)15-27/h6-14,16,25,29H,3-5,17H2,1-2H3. The number of fused-ring (bicyclic) bond motifs is 1. The van der Waals surface area contributed by atoms with Crippen molar-refractivity contribution in [3.8, 4) is 17.2 Å². The van der Waals surface area contributed by atoms with E-state index in [1.807, 2.05) is 60.4 Å². The lowest BCUT2D eigenvalue weighted by Gasteiger charge is -2.38. The van der Waals surface area contributed by atoms with Crippen molar-refractivity contribution in [2.45, 2.75) is 45.8 Å². The number of nitrogens with one attached hydrogen (secondary N) is 1. The Morgan fingerprint density at radius 1 is 1.13 bits per heavy atom. The van der Waals surface area contributed by atoms with Crippen molar-refractivity contribution in [3.63, 3.8) is 0 Å². The third kappa shape index (κ3) is 4.29. The van der Waals surface area contributed by atoms with Gasteiger partial charge in [-0.1, -0.05) is 49.2 Å². The molecule has 0 aliphatic carbocycles. The Hall–Kier alpha value is -3.65. The lowest BCUT2D eigenvalue weighted by Crippen LogP contribution is -2.48. The molecule has 1 amide bonds. The Morgan fingerprint density at radius 3 is 2.68 bits per heavy atom. The first-order valence-corrected chi connectivity index (χ1v) is 10.7. The smallest absolute Gasteiger partial charge is 0.257 e. The molecule has 1 aromatic heterocycles. The van der Waals surface area contributed by atoms with E-state index < -0.39 is 0 Å². The fraction of sp³-hybridized carbons (Fsp3) is 0.269. The molecular weight excluding hydrogens is 384 g/mol. The molecule has 1 aliphatic heterocycles. The van der Waals surface area contributed by atoms with Crippen molar-refractivity contribution in [3.05, 3.63) is 83.2 Å². The highest BCUT2D eigenvalue weighted by Crippen LogP contribution is 2.30. The molecule has 0 bridgehead atoms. The number of hydrogen-bond donors (Lipinski definition) is 1. The highest BCUT2D eigenvalue weighted by atomic mass is 16.2. The Morgan fingerprint density at radius 2 is 1.94 bits per heavy atom. The van der Waals surface area contributed by atoms with Gasteiger partial charge in [0.15, 0.2) is 0 Å². The molecule has 5 heteroatoms. The number of carbonyl (C=O) groups excluding carboxylic acids is 1. The summed E-state index contributed by atoms with van der Waals surface area (Å²) in [5.41, 5.74) is 6.18. The van der Waals surface area contributed by atoms with E-state index in [2.05, 4.69) is 23.3 Å². The molecule has 2 aromatic carbocycles. The van der Waals surface area contributed by atoms with Crippen LogP contribution in [0.5, 0.6) is 0 Å². The molecule has 3 aromatic rings. The first-order valence-electron chi connectivity index (χ1n) is 10.7. The SMILES string of the molecule is CCCCC1Nc2ccc(C)cc2C(=O)N1Cc1ccc(-c2ccncc2C#N)cc1. The second-order valence-electron chi connectivity index (χ2n) is 8.01. The van der Waals surface area contributed by atoms with E-state index >= 15 is 0 Å². The summed E-state index contributed by atoms with van der Waals surface area (Å²) in [6.07, 6.45) is 6.31. The van der Waals surface area contributed by atoms with Gasteiger partial charge in [0.1, 0.15) is 12.2 Å². The van der Waals surface area contributed by atoms with Crippen LogP contribution in [0.4, 0.5) is 5.69 Å². The summed E-state index contributed by atoms with van der Waals surface area (Å²) < 4.78 is 0. The lowest BCUT2D eigenvalue weighted by atomic mass is 9.99. The molecule has 4 rings (SSSR count). The van der Waals surface area contributed by atoms with Gasteiger partial charge in [0, 0.05) is 30.2 Å². The minimum absolute atomic E-state index is 0.0206. The first-order chi connectivity index (χ1) is 15.1. The van der Waals surface area contributed by atoms with Crippen LogP contribution in [-0.4, -0.2) is 22.0 Å². The predicted molar refractivity (Wildman–Crippen MR) is 122 cm³/mol. The number of unbranched alkanes of at least 4 members (excludes halogenated alkanes) is 1. The molecule has 5 nitrogen and oxygen atoms in total. The van der Waals surface area contributed by atoms with Gasteiger partial charge in [-0.05, 0) is 49.1 Å². The average Bonchev–Trinajstić information content (AvgIpc) is 2.80. The number of benzene rings is 2. The number of rotatable bonds is 6. The van der Waals surface area contributed by atoms with Crippen LogP contribution in [0.15, 0.2) is 60.9 Å². The summed E-state index contributed by atoms with van der Waals surface area (Å²) in [5.74, 6) is 0.0727. The third-order valence-corrected chi connectivity index (χ3v) is 5.76. The van der Waals surface area contributed by atoms with E-state index in [9.17, 15) is 10.1 Å². The Kier molecular flexibility index (Phi) is 5.99. The van der Waals surface area contributed by atoms with Gasteiger partial charge in [-0.25, -0.2) is 0 Å². The van der Waals surface area contributed by atoms with E-state index in [1.54, 1.807) is 12.4 Å². The zero-order valence-electron chi connectivity index (χ0n) is 17.9. The lowest BCUT2D eigenvalue weighted by molar-refractivity contribution is 0.0657. The van der Waals surface area contributed by atoms with Crippen molar-refractivity contribution < 1.29 is 4.79 Å². The number of aryl methyl sites for hydroxylation is 1. The van der Waals surface area contributed by atoms with Crippen molar-refractivity contribution in [2.24, 2.45) is 0 Å². The Balaban J connectivity index is 1.60. The highest BCUT2D eigenvalue weighted by molar-refractivity contribution is 6.01. The molecular formula is C26H26N4O. The second-order valence-corrected chi connectivity index (χ2v) is 8.01. The van der Waals surface area contributed by atoms with E-state index in [1.165, 1.54) is 0 Å². The number of nitriles is 1. The van der Waals surface area contributed by atoms with Crippen LogP contribution in [0.2, 0.25) is 0 Å². The van der Waals surface area contributed by atoms with Crippen molar-refractivity contribution >= 4 is 11.6 Å². The minimum Gasteiger partial charge on any atom is -0.364 e. The third-order valence-electron chi connectivity index (χ3n) is 5.76. The second kappa shape index (κ2) is 9.01. The van der Waals surface area contributed by atoms with Gasteiger partial charge in [0.05, 0.1) is 11.1 Å². The summed E-state index contributed by atoms with van der Waals surface area (Å²) in [5, 5.41) is 12.9. The summed E-state index contributed by atoms with van der Waals surface area (Å²) in [4.78, 5) is 19.3. The number of nitrogens with zero attached hydrogens (tertiary/aromatic N) is 3. The number of anilines is 1. The maximum atomic E-state index is 13.4. The molecule has 0 fully saturated rings. The maximum absolute atomic E-state index is 13.4. The number of aromatic nitrogens is 1. The highest BCUT2D eigenvalue weighted by Gasteiger charge is 2.31. The summed E-state index contributed by atoms with van der Waals surface area (Å²) in [6.45, 7) is 4.71. The number of hydrogen-bond acceptors (Lipinski definition) is 4. The molecule has 0 saturated carbocycles. The van der Waals surface area contributed by atoms with Crippen LogP contribution in [0.3, 0.4) is 0 Å². The Bertz CT molecular complexity index is 1130. The monoisotopic (exact) mass is 410 g/mol. The fourth-order valence-corrected chi connectivity index (χ4v) is 4.04. The van der Waals surface area contributed by atoms with E-state index in [-0.39, 0.29) is 12.1 Å². The van der Waals surface area contributed by atoms with Gasteiger partial charge in [-0.2, -0.15) is 5.26 Å². The van der Waals surface area contributed by atoms with E-state index in [0.29, 0.717) is 12.1 Å². The van der Waals surface area contributed by atoms with Gasteiger partial charge in [-0.3, -0.25) is 9.78 Å². The average molecular weight is 411 g/mol. The summed E-state index contributed by atoms with van der Waals surface area (Å²) in [7, 11) is 0. The zero-order chi connectivity index (χ0) is 21.8. The normalized spacial score (nSPS) is 15.2. The Labute approximate surface area is 183 Å². The fourth-order valence-electron chi connectivity index (χ4n) is 4.04. The molecule has 156 valence electrons. The molecule has 0 radical (unpaired) electrons. The number of amides is 1. The predicted octanol–water partition coefficient (Wildman–Crippen LogP) is 5.51. The molecule has 1 unspecified atom stereocenters. The summed E-state index contributed by atoms with van der Waals surface area (Å²) in [6, 6.07) is 18.1. The molecule has 2 heterocycles. The van der Waals surface area contributed by atoms with Crippen LogP contribution in [-0.2, 0) is 6.54 Å². The molecule has 1 atom stereocenters. The molecule has 1 N–H and O–H groups in total. The first kappa shape index (κ1) is 20.6. The molecule has 1 aliphatic rings. The van der Waals surface area contributed by atoms with Crippen LogP contribution in [0.25, 0.3) is 11.1 Å². The number of carbonyl (C=O) groups is 1. The van der Waals surface area contributed by atoms with Crippen LogP contribution in [0, 0.1) is 18.3 Å². The van der Waals surface area contributed by atoms with E-state index in [0.717, 1.165) is 52.8 Å². The van der Waals surface area contributed by atoms with Crippen LogP contribution in [0.1, 0.15) is 53.2 Å². The maximum Gasteiger partial charge on any atom is 0.257 e. The molecule has 0 saturated heterocycles. The van der Waals surface area contributed by atoms with Gasteiger partial charge in [0.25, 0.3) is 5.91 Å². The number of pyridine rings is 1. The van der Waals surface area contributed by atoms with Crippen molar-refractivity contribution in [2.75, 3.05) is 5.32 Å². The molecule has 31 heavy (non-hydrogen) atoms. The molecule has 0 spiro atoms. The largest absolute Gasteiger partial charge is 0.364 e. The topological polar surface area (TPSA) is 69.0 Å². The van der Waals surface area contributed by atoms with Crippen LogP contribution >= 0.6 is 0 Å². The summed E-state index contributed by atoms with van der Waals surface area (Å²) >= 11 is 0. The van der Waals surface area contributed by atoms with Gasteiger partial charge >= 0.3 is 0 Å². The van der Waals surface area contributed by atoms with Gasteiger partial charge < -0.3 is 10.2 Å². The van der Waals surface area contributed by atoms with Gasteiger partial charge in [-0.15, -0.1) is 0 Å². The van der Waals surface area contributed by atoms with Crippen LogP contribution < -0.4 is 5.32 Å². The van der Waals surface area contributed by atoms with Crippen molar-refractivity contribution in [1.82, 2.24) is 9.88 Å².